The summed E-state index contributed by atoms with van der Waals surface area (Å²) in [5.74, 6) is -0.354. The molecule has 4 rings (SSSR count). The Morgan fingerprint density at radius 2 is 2.03 bits per heavy atom. The van der Waals surface area contributed by atoms with Crippen LogP contribution in [0, 0.1) is 24.0 Å². The number of hydrogen-bond donors (Lipinski definition) is 0. The van der Waals surface area contributed by atoms with Crippen molar-refractivity contribution in [2.75, 3.05) is 0 Å². The number of hydrogen-bond acceptors (Lipinski definition) is 5. The molecule has 0 saturated heterocycles. The third-order valence-electron chi connectivity index (χ3n) is 4.54. The van der Waals surface area contributed by atoms with Crippen molar-refractivity contribution in [3.63, 3.8) is 0 Å². The summed E-state index contributed by atoms with van der Waals surface area (Å²) in [6, 6.07) is 10.5. The summed E-state index contributed by atoms with van der Waals surface area (Å²) in [6.07, 6.45) is 1.78. The van der Waals surface area contributed by atoms with Gasteiger partial charge in [0.2, 0.25) is 0 Å². The fraction of sp³-hybridized carbons (Fsp3) is 0.143. The molecule has 0 radical (unpaired) electrons. The van der Waals surface area contributed by atoms with Gasteiger partial charge in [-0.3, -0.25) is 14.9 Å². The number of aromatic nitrogens is 1. The van der Waals surface area contributed by atoms with E-state index in [0.29, 0.717) is 21.6 Å². The first kappa shape index (κ1) is 19.2. The molecular weight excluding hydrogens is 406 g/mol. The van der Waals surface area contributed by atoms with Gasteiger partial charge in [0.1, 0.15) is 0 Å². The van der Waals surface area contributed by atoms with Gasteiger partial charge in [-0.1, -0.05) is 23.5 Å². The van der Waals surface area contributed by atoms with E-state index in [9.17, 15) is 14.9 Å². The average Bonchev–Trinajstić information content (AvgIpc) is 3.24. The zero-order valence-electron chi connectivity index (χ0n) is 15.8. The maximum atomic E-state index is 12.9. The molecule has 0 aliphatic heterocycles. The van der Waals surface area contributed by atoms with E-state index in [-0.39, 0.29) is 11.6 Å². The first-order valence-electron chi connectivity index (χ1n) is 8.86. The van der Waals surface area contributed by atoms with E-state index >= 15 is 0 Å². The highest BCUT2D eigenvalue weighted by atomic mass is 32.1. The van der Waals surface area contributed by atoms with Crippen molar-refractivity contribution < 1.29 is 9.72 Å². The van der Waals surface area contributed by atoms with Crippen LogP contribution in [-0.4, -0.2) is 15.4 Å². The van der Waals surface area contributed by atoms with Crippen LogP contribution >= 0.6 is 22.7 Å². The van der Waals surface area contributed by atoms with Crippen molar-refractivity contribution in [2.45, 2.75) is 20.4 Å². The number of nitrogens with zero attached hydrogens (tertiary/aromatic N) is 3. The Bertz CT molecular complexity index is 1380. The fourth-order valence-corrected chi connectivity index (χ4v) is 5.31. The molecule has 146 valence electrons. The third-order valence-corrected chi connectivity index (χ3v) is 6.88. The molecule has 0 spiro atoms. The molecule has 4 aromatic rings. The van der Waals surface area contributed by atoms with E-state index in [0.717, 1.165) is 26.0 Å². The lowest BCUT2D eigenvalue weighted by molar-refractivity contribution is -0.384. The van der Waals surface area contributed by atoms with Crippen LogP contribution in [0.1, 0.15) is 20.8 Å². The Morgan fingerprint density at radius 3 is 2.76 bits per heavy atom. The summed E-state index contributed by atoms with van der Waals surface area (Å²) in [7, 11) is 0. The Morgan fingerprint density at radius 1 is 1.24 bits per heavy atom. The van der Waals surface area contributed by atoms with Gasteiger partial charge < -0.3 is 4.57 Å². The molecule has 2 heterocycles. The Hall–Kier alpha value is -3.10. The van der Waals surface area contributed by atoms with Crippen LogP contribution < -0.4 is 4.80 Å². The van der Waals surface area contributed by atoms with Gasteiger partial charge in [0, 0.05) is 28.8 Å². The maximum absolute atomic E-state index is 12.9. The summed E-state index contributed by atoms with van der Waals surface area (Å²) in [5, 5.41) is 11.6. The molecule has 0 bridgehead atoms. The number of nitro groups is 1. The van der Waals surface area contributed by atoms with Crippen LogP contribution in [0.2, 0.25) is 0 Å². The number of thiophene rings is 1. The molecule has 29 heavy (non-hydrogen) atoms. The van der Waals surface area contributed by atoms with E-state index in [4.69, 9.17) is 0 Å². The molecule has 0 saturated carbocycles. The monoisotopic (exact) mass is 423 g/mol. The number of amides is 1. The van der Waals surface area contributed by atoms with Gasteiger partial charge in [-0.25, -0.2) is 0 Å². The lowest BCUT2D eigenvalue weighted by Gasteiger charge is -2.03. The van der Waals surface area contributed by atoms with Gasteiger partial charge >= 0.3 is 0 Å². The van der Waals surface area contributed by atoms with Crippen molar-refractivity contribution in [2.24, 2.45) is 4.99 Å². The first-order chi connectivity index (χ1) is 13.9. The van der Waals surface area contributed by atoms with E-state index in [1.165, 1.54) is 34.8 Å². The van der Waals surface area contributed by atoms with Gasteiger partial charge in [-0.05, 0) is 43.2 Å². The molecule has 6 nitrogen and oxygen atoms in total. The van der Waals surface area contributed by atoms with Crippen LogP contribution in [-0.2, 0) is 6.54 Å². The molecule has 0 atom stereocenters. The van der Waals surface area contributed by atoms with Crippen molar-refractivity contribution in [1.29, 1.82) is 0 Å². The second-order valence-corrected chi connectivity index (χ2v) is 8.78. The standard InChI is InChI=1S/C21H17N3O3S2/c1-4-7-23-16-9-12(2)8-13(3)19(16)29-21(23)22-20(25)18-11-14-10-15(24(26)27)5-6-17(14)28-18/h4-6,8-11H,1,7H2,2-3H3. The number of carbonyl (C=O) groups is 1. The lowest BCUT2D eigenvalue weighted by atomic mass is 10.1. The number of thiazole rings is 1. The quantitative estimate of drug-likeness (QED) is 0.251. The van der Waals surface area contributed by atoms with Crippen molar-refractivity contribution in [3.8, 4) is 0 Å². The molecule has 0 fully saturated rings. The number of allylic oxidation sites excluding steroid dienone is 1. The van der Waals surface area contributed by atoms with Crippen LogP contribution in [0.25, 0.3) is 20.3 Å². The van der Waals surface area contributed by atoms with Crippen molar-refractivity contribution >= 4 is 54.6 Å². The number of aryl methyl sites for hydroxylation is 2. The number of non-ortho nitro benzene ring substituents is 1. The zero-order chi connectivity index (χ0) is 20.7. The highest BCUT2D eigenvalue weighted by Crippen LogP contribution is 2.29. The molecule has 8 heteroatoms. The fourth-order valence-electron chi connectivity index (χ4n) is 3.30. The maximum Gasteiger partial charge on any atom is 0.289 e. The molecule has 0 unspecified atom stereocenters. The van der Waals surface area contributed by atoms with E-state index in [1.54, 1.807) is 18.2 Å². The SMILES string of the molecule is C=CCn1c(=NC(=O)c2cc3cc([N+](=O)[O-])ccc3s2)sc2c(C)cc(C)cc21. The highest BCUT2D eigenvalue weighted by Gasteiger charge is 2.15. The minimum atomic E-state index is -0.442. The van der Waals surface area contributed by atoms with E-state index < -0.39 is 4.92 Å². The van der Waals surface area contributed by atoms with Crippen LogP contribution in [0.15, 0.2) is 54.0 Å². The summed E-state index contributed by atoms with van der Waals surface area (Å²) in [6.45, 7) is 8.46. The third kappa shape index (κ3) is 3.52. The zero-order valence-corrected chi connectivity index (χ0v) is 17.5. The van der Waals surface area contributed by atoms with Crippen LogP contribution in [0.5, 0.6) is 0 Å². The topological polar surface area (TPSA) is 77.5 Å². The number of fused-ring (bicyclic) bond motifs is 2. The van der Waals surface area contributed by atoms with E-state index in [1.807, 2.05) is 11.5 Å². The predicted molar refractivity (Wildman–Crippen MR) is 118 cm³/mol. The number of benzene rings is 2. The average molecular weight is 424 g/mol. The molecule has 0 aliphatic rings. The number of rotatable bonds is 4. The highest BCUT2D eigenvalue weighted by molar-refractivity contribution is 7.21. The molecule has 2 aromatic carbocycles. The first-order valence-corrected chi connectivity index (χ1v) is 10.5. The molecule has 1 amide bonds. The number of carbonyl (C=O) groups excluding carboxylic acids is 1. The van der Waals surface area contributed by atoms with Gasteiger partial charge in [0.05, 0.1) is 20.0 Å². The second kappa shape index (κ2) is 7.38. The van der Waals surface area contributed by atoms with E-state index in [2.05, 4.69) is 30.6 Å². The van der Waals surface area contributed by atoms with Crippen molar-refractivity contribution in [3.05, 3.63) is 80.0 Å². The molecule has 0 aliphatic carbocycles. The summed E-state index contributed by atoms with van der Waals surface area (Å²) in [5.41, 5.74) is 3.33. The van der Waals surface area contributed by atoms with Gasteiger partial charge in [-0.15, -0.1) is 17.9 Å². The predicted octanol–water partition coefficient (Wildman–Crippen LogP) is 5.37. The largest absolute Gasteiger partial charge is 0.312 e. The smallest absolute Gasteiger partial charge is 0.289 e. The summed E-state index contributed by atoms with van der Waals surface area (Å²) < 4.78 is 3.90. The Balaban J connectivity index is 1.84. The van der Waals surface area contributed by atoms with Gasteiger partial charge in [-0.2, -0.15) is 4.99 Å². The minimum Gasteiger partial charge on any atom is -0.312 e. The summed E-state index contributed by atoms with van der Waals surface area (Å²) >= 11 is 2.76. The lowest BCUT2D eigenvalue weighted by Crippen LogP contribution is -2.16. The van der Waals surface area contributed by atoms with Crippen LogP contribution in [0.3, 0.4) is 0 Å². The summed E-state index contributed by atoms with van der Waals surface area (Å²) in [4.78, 5) is 28.8. The van der Waals surface area contributed by atoms with Crippen LogP contribution in [0.4, 0.5) is 5.69 Å². The number of nitro benzene ring substituents is 1. The molecular formula is C21H17N3O3S2. The Labute approximate surface area is 174 Å². The minimum absolute atomic E-state index is 0.00501. The second-order valence-electron chi connectivity index (χ2n) is 6.72. The normalized spacial score (nSPS) is 12.0. The van der Waals surface area contributed by atoms with Gasteiger partial charge in [0.25, 0.3) is 11.6 Å². The van der Waals surface area contributed by atoms with Gasteiger partial charge in [0.15, 0.2) is 4.80 Å². The molecule has 2 aromatic heterocycles. The van der Waals surface area contributed by atoms with Crippen molar-refractivity contribution in [1.82, 2.24) is 4.57 Å². The molecule has 0 N–H and O–H groups in total. The Kier molecular flexibility index (Phi) is 4.89.